The summed E-state index contributed by atoms with van der Waals surface area (Å²) in [6.07, 6.45) is 0.689. The number of imidazole rings is 1. The van der Waals surface area contributed by atoms with Crippen LogP contribution in [0.15, 0.2) is 48.8 Å². The van der Waals surface area contributed by atoms with Gasteiger partial charge in [0.2, 0.25) is 0 Å². The van der Waals surface area contributed by atoms with E-state index >= 15 is 4.39 Å². The molecule has 232 valence electrons. The number of amides is 2. The highest BCUT2D eigenvalue weighted by atomic mass is 19.4. The third kappa shape index (κ3) is 6.31. The average Bonchev–Trinajstić information content (AvgIpc) is 3.75. The number of carbonyl (C=O) groups is 1. The fourth-order valence-electron chi connectivity index (χ4n) is 5.55. The van der Waals surface area contributed by atoms with Gasteiger partial charge in [-0.15, -0.1) is 0 Å². The summed E-state index contributed by atoms with van der Waals surface area (Å²) in [5.74, 6) is 0.617. The van der Waals surface area contributed by atoms with Crippen LogP contribution in [-0.2, 0) is 12.7 Å². The number of alkyl halides is 4. The molecular formula is C30H31F5N8O. The highest BCUT2D eigenvalue weighted by Crippen LogP contribution is 2.42. The SMILES string of the molecule is Nc1nccn2c(C3CC3)nc(-c3ccc(NC(=O)Nc4ccc(CN5CCN(CCF)CC5)c(C(F)(F)F)c4)c(F)c3)c12. The van der Waals surface area contributed by atoms with Crippen molar-refractivity contribution in [1.29, 1.82) is 0 Å². The van der Waals surface area contributed by atoms with Gasteiger partial charge in [0.05, 0.1) is 11.3 Å². The third-order valence-electron chi connectivity index (χ3n) is 7.98. The second kappa shape index (κ2) is 12.0. The van der Waals surface area contributed by atoms with Crippen LogP contribution in [-0.4, -0.2) is 69.6 Å². The molecule has 4 N–H and O–H groups in total. The zero-order valence-corrected chi connectivity index (χ0v) is 23.7. The predicted octanol–water partition coefficient (Wildman–Crippen LogP) is 5.74. The van der Waals surface area contributed by atoms with Gasteiger partial charge in [0.25, 0.3) is 0 Å². The Hall–Kier alpha value is -4.30. The Balaban J connectivity index is 1.15. The number of aromatic nitrogens is 3. The first kappa shape index (κ1) is 29.8. The van der Waals surface area contributed by atoms with Gasteiger partial charge in [0.1, 0.15) is 35.3 Å². The standard InChI is InChI=1S/C30H31F5N8O/c31-7-9-41-11-13-42(14-12-41)17-20-3-5-21(16-22(20)30(33,34)35)38-29(44)39-24-6-4-19(15-23(24)32)25-26-27(36)37-8-10-43(26)28(40-25)18-1-2-18/h3-6,8,10,15-16,18H,1-2,7,9,11-14,17H2,(H2,36,37)(H2,38,39,44). The number of benzene rings is 2. The predicted molar refractivity (Wildman–Crippen MR) is 157 cm³/mol. The van der Waals surface area contributed by atoms with Crippen LogP contribution in [0, 0.1) is 5.82 Å². The van der Waals surface area contributed by atoms with Gasteiger partial charge in [-0.05, 0) is 42.7 Å². The lowest BCUT2D eigenvalue weighted by Gasteiger charge is -2.34. The van der Waals surface area contributed by atoms with E-state index in [2.05, 4.69) is 15.6 Å². The minimum Gasteiger partial charge on any atom is -0.382 e. The van der Waals surface area contributed by atoms with Crippen molar-refractivity contribution in [2.45, 2.75) is 31.5 Å². The molecule has 0 spiro atoms. The Morgan fingerprint density at radius 2 is 1.77 bits per heavy atom. The molecular weight excluding hydrogens is 583 g/mol. The van der Waals surface area contributed by atoms with Crippen LogP contribution in [0.3, 0.4) is 0 Å². The van der Waals surface area contributed by atoms with Crippen molar-refractivity contribution in [3.05, 3.63) is 71.6 Å². The number of carbonyl (C=O) groups excluding carboxylic acids is 1. The molecule has 14 heteroatoms. The molecule has 9 nitrogen and oxygen atoms in total. The molecule has 4 aromatic rings. The number of halogens is 5. The number of nitrogen functional groups attached to an aromatic ring is 1. The number of rotatable bonds is 8. The molecule has 2 amide bonds. The zero-order valence-electron chi connectivity index (χ0n) is 23.7. The van der Waals surface area contributed by atoms with Crippen LogP contribution in [0.2, 0.25) is 0 Å². The number of piperazine rings is 1. The summed E-state index contributed by atoms with van der Waals surface area (Å²) < 4.78 is 71.5. The first-order valence-electron chi connectivity index (χ1n) is 14.3. The van der Waals surface area contributed by atoms with Crippen molar-refractivity contribution in [3.8, 4) is 11.3 Å². The maximum Gasteiger partial charge on any atom is 0.416 e. The fraction of sp³-hybridized carbons (Fsp3) is 0.367. The zero-order chi connectivity index (χ0) is 31.0. The molecule has 44 heavy (non-hydrogen) atoms. The largest absolute Gasteiger partial charge is 0.416 e. The Bertz CT molecular complexity index is 1680. The molecule has 0 bridgehead atoms. The van der Waals surface area contributed by atoms with Gasteiger partial charge in [-0.1, -0.05) is 12.1 Å². The van der Waals surface area contributed by atoms with E-state index in [1.807, 2.05) is 14.2 Å². The van der Waals surface area contributed by atoms with Crippen LogP contribution in [0.4, 0.5) is 43.9 Å². The number of hydrogen-bond donors (Lipinski definition) is 3. The van der Waals surface area contributed by atoms with E-state index in [0.29, 0.717) is 55.4 Å². The van der Waals surface area contributed by atoms with E-state index in [1.54, 1.807) is 18.5 Å². The van der Waals surface area contributed by atoms with E-state index in [1.165, 1.54) is 24.3 Å². The number of fused-ring (bicyclic) bond motifs is 1. The van der Waals surface area contributed by atoms with E-state index < -0.39 is 30.3 Å². The van der Waals surface area contributed by atoms with E-state index in [4.69, 9.17) is 10.7 Å². The van der Waals surface area contributed by atoms with Gasteiger partial charge in [-0.3, -0.25) is 14.2 Å². The summed E-state index contributed by atoms with van der Waals surface area (Å²) in [6.45, 7) is 2.12. The molecule has 1 saturated carbocycles. The van der Waals surface area contributed by atoms with Gasteiger partial charge in [0, 0.05) is 68.8 Å². The van der Waals surface area contributed by atoms with Gasteiger partial charge >= 0.3 is 12.2 Å². The molecule has 2 aliphatic rings. The Labute approximate surface area is 249 Å². The lowest BCUT2D eigenvalue weighted by atomic mass is 10.0. The van der Waals surface area contributed by atoms with Gasteiger partial charge < -0.3 is 16.4 Å². The van der Waals surface area contributed by atoms with Crippen LogP contribution >= 0.6 is 0 Å². The van der Waals surface area contributed by atoms with Gasteiger partial charge in [-0.2, -0.15) is 13.2 Å². The average molecular weight is 615 g/mol. The van der Waals surface area contributed by atoms with Crippen LogP contribution < -0.4 is 16.4 Å². The Morgan fingerprint density at radius 3 is 2.45 bits per heavy atom. The summed E-state index contributed by atoms with van der Waals surface area (Å²) >= 11 is 0. The number of nitrogens with zero attached hydrogens (tertiary/aromatic N) is 5. The molecule has 1 saturated heterocycles. The summed E-state index contributed by atoms with van der Waals surface area (Å²) in [5, 5.41) is 4.73. The molecule has 0 unspecified atom stereocenters. The molecule has 1 aliphatic heterocycles. The van der Waals surface area contributed by atoms with Crippen molar-refractivity contribution in [3.63, 3.8) is 0 Å². The lowest BCUT2D eigenvalue weighted by molar-refractivity contribution is -0.138. The molecule has 1 aliphatic carbocycles. The van der Waals surface area contributed by atoms with E-state index in [9.17, 15) is 22.4 Å². The number of nitrogens with two attached hydrogens (primary N) is 1. The fourth-order valence-corrected chi connectivity index (χ4v) is 5.55. The number of nitrogens with one attached hydrogen (secondary N) is 2. The van der Waals surface area contributed by atoms with Crippen LogP contribution in [0.1, 0.15) is 35.7 Å². The number of hydrogen-bond acceptors (Lipinski definition) is 6. The third-order valence-corrected chi connectivity index (χ3v) is 7.98. The smallest absolute Gasteiger partial charge is 0.382 e. The highest BCUT2D eigenvalue weighted by molar-refractivity contribution is 6.00. The quantitative estimate of drug-likeness (QED) is 0.219. The van der Waals surface area contributed by atoms with E-state index in [0.717, 1.165) is 24.7 Å². The first-order chi connectivity index (χ1) is 21.1. The minimum atomic E-state index is -4.66. The van der Waals surface area contributed by atoms with E-state index in [-0.39, 0.29) is 29.3 Å². The second-order valence-corrected chi connectivity index (χ2v) is 11.1. The number of anilines is 3. The molecule has 0 atom stereocenters. The maximum atomic E-state index is 15.2. The maximum absolute atomic E-state index is 15.2. The van der Waals surface area contributed by atoms with Crippen LogP contribution in [0.25, 0.3) is 16.8 Å². The molecule has 6 rings (SSSR count). The molecule has 3 heterocycles. The topological polar surface area (TPSA) is 104 Å². The summed E-state index contributed by atoms with van der Waals surface area (Å²) in [7, 11) is 0. The van der Waals surface area contributed by atoms with Crippen molar-refractivity contribution < 1.29 is 26.7 Å². The monoisotopic (exact) mass is 614 g/mol. The Morgan fingerprint density at radius 1 is 1.02 bits per heavy atom. The lowest BCUT2D eigenvalue weighted by Crippen LogP contribution is -2.46. The molecule has 2 fully saturated rings. The summed E-state index contributed by atoms with van der Waals surface area (Å²) in [4.78, 5) is 25.4. The first-order valence-corrected chi connectivity index (χ1v) is 14.3. The normalized spacial score (nSPS) is 16.4. The highest BCUT2D eigenvalue weighted by Gasteiger charge is 2.34. The van der Waals surface area contributed by atoms with Crippen LogP contribution in [0.5, 0.6) is 0 Å². The van der Waals surface area contributed by atoms with Crippen molar-refractivity contribution >= 4 is 28.7 Å². The van der Waals surface area contributed by atoms with Crippen molar-refractivity contribution in [2.24, 2.45) is 0 Å². The molecule has 2 aromatic carbocycles. The molecule has 2 aromatic heterocycles. The van der Waals surface area contributed by atoms with Gasteiger partial charge in [-0.25, -0.2) is 23.5 Å². The Kier molecular flexibility index (Phi) is 8.12. The van der Waals surface area contributed by atoms with Crippen molar-refractivity contribution in [1.82, 2.24) is 24.2 Å². The van der Waals surface area contributed by atoms with Gasteiger partial charge in [0.15, 0.2) is 0 Å². The summed E-state index contributed by atoms with van der Waals surface area (Å²) in [6, 6.07) is 6.82. The summed E-state index contributed by atoms with van der Waals surface area (Å²) in [5.41, 5.74) is 6.53. The molecule has 0 radical (unpaired) electrons. The minimum absolute atomic E-state index is 0.0662. The second-order valence-electron chi connectivity index (χ2n) is 11.1. The van der Waals surface area contributed by atoms with Crippen molar-refractivity contribution in [2.75, 3.05) is 55.8 Å². The number of urea groups is 1.